The molecule has 2 aromatic rings. The predicted octanol–water partition coefficient (Wildman–Crippen LogP) is 4.11. The van der Waals surface area contributed by atoms with Gasteiger partial charge in [0, 0.05) is 19.5 Å². The molecule has 0 aliphatic rings. The first-order chi connectivity index (χ1) is 12.8. The van der Waals surface area contributed by atoms with Crippen molar-refractivity contribution in [2.75, 3.05) is 11.4 Å². The number of carboxylic acid groups (broad SMARTS) is 1. The van der Waals surface area contributed by atoms with Gasteiger partial charge in [0.05, 0.1) is 11.3 Å². The fourth-order valence-corrected chi connectivity index (χ4v) is 2.60. The molecule has 5 nitrogen and oxygen atoms in total. The highest BCUT2D eigenvalue weighted by molar-refractivity contribution is 5.67. The fraction of sp³-hybridized carbons (Fsp3) is 0.263. The number of carboxylic acids is 1. The molecule has 0 saturated heterocycles. The summed E-state index contributed by atoms with van der Waals surface area (Å²) in [5.74, 6) is -1.02. The molecule has 27 heavy (non-hydrogen) atoms. The Balaban J connectivity index is 2.41. The molecule has 0 aliphatic heterocycles. The molecular formula is C19H18F3NO4. The van der Waals surface area contributed by atoms with Gasteiger partial charge in [-0.2, -0.15) is 13.2 Å². The Hall–Kier alpha value is -3.03. The molecular weight excluding hydrogens is 363 g/mol. The van der Waals surface area contributed by atoms with E-state index in [-0.39, 0.29) is 43.8 Å². The number of benzene rings is 2. The number of carbonyl (C=O) groups excluding carboxylic acids is 1. The minimum absolute atomic E-state index is 0.0238. The summed E-state index contributed by atoms with van der Waals surface area (Å²) in [5, 5.41) is 8.84. The average molecular weight is 381 g/mol. The molecule has 0 aliphatic carbocycles. The average Bonchev–Trinajstić information content (AvgIpc) is 2.61. The first-order valence-electron chi connectivity index (χ1n) is 8.13. The Morgan fingerprint density at radius 2 is 1.85 bits per heavy atom. The van der Waals surface area contributed by atoms with Crippen LogP contribution in [0, 0.1) is 0 Å². The zero-order valence-corrected chi connectivity index (χ0v) is 14.3. The Bertz CT molecular complexity index is 778. The molecule has 8 heteroatoms. The Kier molecular flexibility index (Phi) is 6.81. The lowest BCUT2D eigenvalue weighted by atomic mass is 10.1. The summed E-state index contributed by atoms with van der Waals surface area (Å²) in [4.78, 5) is 23.1. The second kappa shape index (κ2) is 9.07. The lowest BCUT2D eigenvalue weighted by Crippen LogP contribution is -2.25. The third kappa shape index (κ3) is 6.02. The number of hydrogen-bond donors (Lipinski definition) is 1. The SMILES string of the molecule is O=COc1ccc(C(F)(F)F)cc1N(CCCC(=O)O)Cc1ccccc1. The molecule has 0 amide bonds. The summed E-state index contributed by atoms with van der Waals surface area (Å²) in [5.41, 5.74) is 0.0144. The van der Waals surface area contributed by atoms with E-state index in [1.807, 2.05) is 6.07 Å². The molecule has 0 saturated carbocycles. The molecule has 0 spiro atoms. The highest BCUT2D eigenvalue weighted by Gasteiger charge is 2.32. The van der Waals surface area contributed by atoms with Crippen molar-refractivity contribution in [1.82, 2.24) is 0 Å². The quantitative estimate of drug-likeness (QED) is 0.662. The number of alkyl halides is 3. The molecule has 0 heterocycles. The molecule has 0 fully saturated rings. The number of rotatable bonds is 9. The summed E-state index contributed by atoms with van der Waals surface area (Å²) < 4.78 is 44.2. The Labute approximate surface area is 154 Å². The fourth-order valence-electron chi connectivity index (χ4n) is 2.60. The van der Waals surface area contributed by atoms with Gasteiger partial charge < -0.3 is 14.7 Å². The van der Waals surface area contributed by atoms with E-state index in [1.165, 1.54) is 0 Å². The van der Waals surface area contributed by atoms with Crippen molar-refractivity contribution in [2.45, 2.75) is 25.6 Å². The minimum Gasteiger partial charge on any atom is -0.481 e. The largest absolute Gasteiger partial charge is 0.481 e. The lowest BCUT2D eigenvalue weighted by molar-refractivity contribution is -0.138. The van der Waals surface area contributed by atoms with Crippen molar-refractivity contribution in [1.29, 1.82) is 0 Å². The van der Waals surface area contributed by atoms with Gasteiger partial charge in [0.2, 0.25) is 0 Å². The summed E-state index contributed by atoms with van der Waals surface area (Å²) in [6, 6.07) is 11.8. The summed E-state index contributed by atoms with van der Waals surface area (Å²) >= 11 is 0. The second-order valence-corrected chi connectivity index (χ2v) is 5.80. The minimum atomic E-state index is -4.56. The van der Waals surface area contributed by atoms with Gasteiger partial charge in [0.25, 0.3) is 6.47 Å². The van der Waals surface area contributed by atoms with Crippen LogP contribution in [0.1, 0.15) is 24.0 Å². The van der Waals surface area contributed by atoms with E-state index in [1.54, 1.807) is 29.2 Å². The zero-order valence-electron chi connectivity index (χ0n) is 14.3. The third-order valence-electron chi connectivity index (χ3n) is 3.84. The van der Waals surface area contributed by atoms with Gasteiger partial charge in [-0.3, -0.25) is 9.59 Å². The van der Waals surface area contributed by atoms with E-state index in [2.05, 4.69) is 0 Å². The van der Waals surface area contributed by atoms with Gasteiger partial charge in [0.1, 0.15) is 0 Å². The summed E-state index contributed by atoms with van der Waals surface area (Å²) in [6.07, 6.45) is -4.47. The first kappa shape index (κ1) is 20.3. The lowest BCUT2D eigenvalue weighted by Gasteiger charge is -2.27. The van der Waals surface area contributed by atoms with E-state index in [0.29, 0.717) is 0 Å². The number of hydrogen-bond acceptors (Lipinski definition) is 4. The van der Waals surface area contributed by atoms with Gasteiger partial charge in [-0.1, -0.05) is 30.3 Å². The maximum absolute atomic E-state index is 13.1. The van der Waals surface area contributed by atoms with E-state index in [4.69, 9.17) is 9.84 Å². The Morgan fingerprint density at radius 3 is 2.44 bits per heavy atom. The molecule has 2 rings (SSSR count). The van der Waals surface area contributed by atoms with Crippen LogP contribution in [0.3, 0.4) is 0 Å². The van der Waals surface area contributed by atoms with Gasteiger partial charge in [-0.15, -0.1) is 0 Å². The predicted molar refractivity (Wildman–Crippen MR) is 92.5 cm³/mol. The van der Waals surface area contributed by atoms with Crippen LogP contribution < -0.4 is 9.64 Å². The third-order valence-corrected chi connectivity index (χ3v) is 3.84. The van der Waals surface area contributed by atoms with E-state index in [9.17, 15) is 22.8 Å². The molecule has 2 aromatic carbocycles. The second-order valence-electron chi connectivity index (χ2n) is 5.80. The van der Waals surface area contributed by atoms with Crippen LogP contribution in [0.25, 0.3) is 0 Å². The number of anilines is 1. The van der Waals surface area contributed by atoms with Crippen LogP contribution in [0.5, 0.6) is 5.75 Å². The van der Waals surface area contributed by atoms with Crippen LogP contribution in [0.15, 0.2) is 48.5 Å². The van der Waals surface area contributed by atoms with Crippen LogP contribution in [0.4, 0.5) is 18.9 Å². The monoisotopic (exact) mass is 381 g/mol. The molecule has 0 aromatic heterocycles. The summed E-state index contributed by atoms with van der Waals surface area (Å²) in [7, 11) is 0. The van der Waals surface area contributed by atoms with Crippen molar-refractivity contribution < 1.29 is 32.6 Å². The van der Waals surface area contributed by atoms with Gasteiger partial charge in [-0.05, 0) is 30.2 Å². The van der Waals surface area contributed by atoms with Gasteiger partial charge >= 0.3 is 12.1 Å². The maximum Gasteiger partial charge on any atom is 0.416 e. The normalized spacial score (nSPS) is 11.1. The molecule has 144 valence electrons. The molecule has 0 bridgehead atoms. The summed E-state index contributed by atoms with van der Waals surface area (Å²) in [6.45, 7) is 0.554. The zero-order chi connectivity index (χ0) is 19.9. The number of nitrogens with zero attached hydrogens (tertiary/aromatic N) is 1. The maximum atomic E-state index is 13.1. The molecule has 0 radical (unpaired) electrons. The van der Waals surface area contributed by atoms with Crippen LogP contribution in [-0.4, -0.2) is 24.1 Å². The molecule has 0 atom stereocenters. The van der Waals surface area contributed by atoms with E-state index in [0.717, 1.165) is 23.8 Å². The molecule has 0 unspecified atom stereocenters. The topological polar surface area (TPSA) is 66.8 Å². The van der Waals surface area contributed by atoms with Crippen molar-refractivity contribution in [3.8, 4) is 5.75 Å². The van der Waals surface area contributed by atoms with Crippen LogP contribution in [0.2, 0.25) is 0 Å². The smallest absolute Gasteiger partial charge is 0.416 e. The number of halogens is 3. The first-order valence-corrected chi connectivity index (χ1v) is 8.13. The standard InChI is InChI=1S/C19H18F3NO4/c20-19(21,22)15-8-9-17(27-13-24)16(11-15)23(10-4-7-18(25)26)12-14-5-2-1-3-6-14/h1-3,5-6,8-9,11,13H,4,7,10,12H2,(H,25,26). The number of aliphatic carboxylic acids is 1. The van der Waals surface area contributed by atoms with Crippen LogP contribution >= 0.6 is 0 Å². The molecule has 1 N–H and O–H groups in total. The van der Waals surface area contributed by atoms with Crippen molar-refractivity contribution >= 4 is 18.1 Å². The van der Waals surface area contributed by atoms with Crippen molar-refractivity contribution in [2.24, 2.45) is 0 Å². The van der Waals surface area contributed by atoms with Crippen LogP contribution in [-0.2, 0) is 22.3 Å². The van der Waals surface area contributed by atoms with E-state index >= 15 is 0 Å². The van der Waals surface area contributed by atoms with Gasteiger partial charge in [-0.25, -0.2) is 0 Å². The van der Waals surface area contributed by atoms with Gasteiger partial charge in [0.15, 0.2) is 5.75 Å². The van der Waals surface area contributed by atoms with Crippen molar-refractivity contribution in [3.05, 3.63) is 59.7 Å². The van der Waals surface area contributed by atoms with E-state index < -0.39 is 17.7 Å². The number of ether oxygens (including phenoxy) is 1. The number of carbonyl (C=O) groups is 2. The Morgan fingerprint density at radius 1 is 1.15 bits per heavy atom. The highest BCUT2D eigenvalue weighted by Crippen LogP contribution is 2.37. The van der Waals surface area contributed by atoms with Crippen molar-refractivity contribution in [3.63, 3.8) is 0 Å². The highest BCUT2D eigenvalue weighted by atomic mass is 19.4.